The minimum absolute atomic E-state index is 0.00964. The second kappa shape index (κ2) is 5.48. The molecule has 21 heavy (non-hydrogen) atoms. The summed E-state index contributed by atoms with van der Waals surface area (Å²) in [5.74, 6) is -1.33. The van der Waals surface area contributed by atoms with Crippen molar-refractivity contribution in [1.82, 2.24) is 5.32 Å². The van der Waals surface area contributed by atoms with Crippen LogP contribution in [0.2, 0.25) is 10.0 Å². The lowest BCUT2D eigenvalue weighted by atomic mass is 9.88. The number of benzene rings is 1. The molecule has 3 N–H and O–H groups in total. The average Bonchev–Trinajstić information content (AvgIpc) is 3.04. The first-order chi connectivity index (χ1) is 9.95. The zero-order valence-corrected chi connectivity index (χ0v) is 12.5. The molecule has 2 saturated heterocycles. The van der Waals surface area contributed by atoms with E-state index in [0.717, 1.165) is 19.3 Å². The summed E-state index contributed by atoms with van der Waals surface area (Å²) in [4.78, 5) is 23.3. The van der Waals surface area contributed by atoms with Gasteiger partial charge in [0.2, 0.25) is 5.91 Å². The van der Waals surface area contributed by atoms with E-state index in [2.05, 4.69) is 10.6 Å². The van der Waals surface area contributed by atoms with Crippen LogP contribution < -0.4 is 10.6 Å². The molecule has 2 aliphatic heterocycles. The third-order valence-corrected chi connectivity index (χ3v) is 4.77. The summed E-state index contributed by atoms with van der Waals surface area (Å²) in [6.07, 6.45) is 2.93. The molecule has 1 amide bonds. The lowest BCUT2D eigenvalue weighted by Crippen LogP contribution is -2.33. The highest BCUT2D eigenvalue weighted by Crippen LogP contribution is 2.36. The van der Waals surface area contributed by atoms with Crippen LogP contribution >= 0.6 is 23.2 Å². The number of carboxylic acids is 1. The molecule has 2 fully saturated rings. The number of nitrogens with one attached hydrogen (secondary N) is 2. The van der Waals surface area contributed by atoms with E-state index >= 15 is 0 Å². The highest BCUT2D eigenvalue weighted by Gasteiger charge is 2.42. The highest BCUT2D eigenvalue weighted by atomic mass is 35.5. The van der Waals surface area contributed by atoms with Crippen LogP contribution in [-0.2, 0) is 4.79 Å². The lowest BCUT2D eigenvalue weighted by Gasteiger charge is -2.20. The number of rotatable bonds is 3. The Morgan fingerprint density at radius 2 is 1.90 bits per heavy atom. The van der Waals surface area contributed by atoms with Crippen LogP contribution in [0.5, 0.6) is 0 Å². The molecule has 1 aromatic carbocycles. The number of amides is 1. The standard InChI is InChI=1S/C14H14Cl2N2O3/c15-9-3-6(14(20)21)4-10(16)12(9)18-13(19)8-5-7-1-2-11(8)17-7/h3-4,7-8,11,17H,1-2,5H2,(H,18,19)(H,20,21). The lowest BCUT2D eigenvalue weighted by molar-refractivity contribution is -0.120. The van der Waals surface area contributed by atoms with Crippen molar-refractivity contribution in [3.05, 3.63) is 27.7 Å². The fourth-order valence-electron chi connectivity index (χ4n) is 3.15. The Labute approximate surface area is 131 Å². The van der Waals surface area contributed by atoms with Crippen molar-refractivity contribution in [3.8, 4) is 0 Å². The van der Waals surface area contributed by atoms with E-state index in [-0.39, 0.29) is 39.2 Å². The molecule has 1 aromatic rings. The molecule has 3 rings (SSSR count). The number of carbonyl (C=O) groups excluding carboxylic acids is 1. The first-order valence-corrected chi connectivity index (χ1v) is 7.50. The van der Waals surface area contributed by atoms with E-state index in [1.807, 2.05) is 0 Å². The summed E-state index contributed by atoms with van der Waals surface area (Å²) in [5, 5.41) is 15.3. The van der Waals surface area contributed by atoms with Crippen LogP contribution in [0.3, 0.4) is 0 Å². The Balaban J connectivity index is 1.78. The van der Waals surface area contributed by atoms with E-state index in [9.17, 15) is 9.59 Å². The zero-order chi connectivity index (χ0) is 15.1. The maximum Gasteiger partial charge on any atom is 0.335 e. The van der Waals surface area contributed by atoms with Gasteiger partial charge in [-0.25, -0.2) is 4.79 Å². The molecule has 5 nitrogen and oxygen atoms in total. The number of carboxylic acid groups (broad SMARTS) is 1. The molecule has 0 aliphatic carbocycles. The smallest absolute Gasteiger partial charge is 0.335 e. The van der Waals surface area contributed by atoms with Crippen molar-refractivity contribution < 1.29 is 14.7 Å². The summed E-state index contributed by atoms with van der Waals surface area (Å²) in [6.45, 7) is 0. The molecular formula is C14H14Cl2N2O3. The van der Waals surface area contributed by atoms with Gasteiger partial charge in [0.1, 0.15) is 0 Å². The van der Waals surface area contributed by atoms with E-state index in [4.69, 9.17) is 28.3 Å². The van der Waals surface area contributed by atoms with Gasteiger partial charge in [0, 0.05) is 12.1 Å². The zero-order valence-electron chi connectivity index (χ0n) is 11.0. The van der Waals surface area contributed by atoms with Crippen molar-refractivity contribution in [2.75, 3.05) is 5.32 Å². The van der Waals surface area contributed by atoms with E-state index in [0.29, 0.717) is 6.04 Å². The summed E-state index contributed by atoms with van der Waals surface area (Å²) in [6, 6.07) is 3.20. The monoisotopic (exact) mass is 328 g/mol. The summed E-state index contributed by atoms with van der Waals surface area (Å²) < 4.78 is 0. The maximum absolute atomic E-state index is 12.3. The minimum Gasteiger partial charge on any atom is -0.478 e. The van der Waals surface area contributed by atoms with E-state index in [1.165, 1.54) is 12.1 Å². The van der Waals surface area contributed by atoms with Crippen LogP contribution in [0, 0.1) is 5.92 Å². The Hall–Kier alpha value is -1.30. The molecule has 0 saturated carbocycles. The number of hydrogen-bond acceptors (Lipinski definition) is 3. The predicted octanol–water partition coefficient (Wildman–Crippen LogP) is 2.77. The molecule has 0 spiro atoms. The highest BCUT2D eigenvalue weighted by molar-refractivity contribution is 6.40. The Morgan fingerprint density at radius 3 is 2.38 bits per heavy atom. The van der Waals surface area contributed by atoms with Gasteiger partial charge in [-0.2, -0.15) is 0 Å². The summed E-state index contributed by atoms with van der Waals surface area (Å²) in [5.41, 5.74) is 0.265. The van der Waals surface area contributed by atoms with Gasteiger partial charge in [0.25, 0.3) is 0 Å². The number of anilines is 1. The van der Waals surface area contributed by atoms with E-state index < -0.39 is 5.97 Å². The molecule has 2 aliphatic rings. The van der Waals surface area contributed by atoms with Gasteiger partial charge in [0.15, 0.2) is 0 Å². The first kappa shape index (κ1) is 14.6. The minimum atomic E-state index is -1.12. The number of hydrogen-bond donors (Lipinski definition) is 3. The van der Waals surface area contributed by atoms with Crippen LogP contribution in [0.25, 0.3) is 0 Å². The number of aromatic carboxylic acids is 1. The third-order valence-electron chi connectivity index (χ3n) is 4.17. The second-order valence-corrected chi connectivity index (χ2v) is 6.31. The van der Waals surface area contributed by atoms with Crippen molar-refractivity contribution in [2.24, 2.45) is 5.92 Å². The topological polar surface area (TPSA) is 78.4 Å². The van der Waals surface area contributed by atoms with Gasteiger partial charge >= 0.3 is 5.97 Å². The molecule has 0 aromatic heterocycles. The van der Waals surface area contributed by atoms with E-state index in [1.54, 1.807) is 0 Å². The largest absolute Gasteiger partial charge is 0.478 e. The molecule has 3 atom stereocenters. The first-order valence-electron chi connectivity index (χ1n) is 6.75. The Kier molecular flexibility index (Phi) is 3.82. The van der Waals surface area contributed by atoms with Crippen molar-refractivity contribution in [3.63, 3.8) is 0 Å². The molecule has 7 heteroatoms. The Morgan fingerprint density at radius 1 is 1.24 bits per heavy atom. The Bertz CT molecular complexity index is 597. The molecule has 112 valence electrons. The average molecular weight is 329 g/mol. The van der Waals surface area contributed by atoms with Gasteiger partial charge in [-0.15, -0.1) is 0 Å². The van der Waals surface area contributed by atoms with Crippen LogP contribution in [-0.4, -0.2) is 29.1 Å². The summed E-state index contributed by atoms with van der Waals surface area (Å²) >= 11 is 12.1. The second-order valence-electron chi connectivity index (χ2n) is 5.50. The molecule has 2 bridgehead atoms. The number of fused-ring (bicyclic) bond motifs is 2. The normalized spacial score (nSPS) is 26.9. The molecule has 2 heterocycles. The maximum atomic E-state index is 12.3. The fraction of sp³-hybridized carbons (Fsp3) is 0.429. The van der Waals surface area contributed by atoms with Crippen molar-refractivity contribution in [2.45, 2.75) is 31.3 Å². The van der Waals surface area contributed by atoms with Gasteiger partial charge in [-0.1, -0.05) is 23.2 Å². The van der Waals surface area contributed by atoms with Crippen LogP contribution in [0.15, 0.2) is 12.1 Å². The molecule has 0 radical (unpaired) electrons. The van der Waals surface area contributed by atoms with Gasteiger partial charge < -0.3 is 15.7 Å². The summed E-state index contributed by atoms with van der Waals surface area (Å²) in [7, 11) is 0. The van der Waals surface area contributed by atoms with Crippen molar-refractivity contribution in [1.29, 1.82) is 0 Å². The van der Waals surface area contributed by atoms with Gasteiger partial charge in [-0.05, 0) is 31.4 Å². The predicted molar refractivity (Wildman–Crippen MR) is 80.1 cm³/mol. The molecule has 3 unspecified atom stereocenters. The molecular weight excluding hydrogens is 315 g/mol. The van der Waals surface area contributed by atoms with Gasteiger partial charge in [0.05, 0.1) is 27.2 Å². The third kappa shape index (κ3) is 2.73. The van der Waals surface area contributed by atoms with Gasteiger partial charge in [-0.3, -0.25) is 4.79 Å². The quantitative estimate of drug-likeness (QED) is 0.797. The fourth-order valence-corrected chi connectivity index (χ4v) is 3.73. The number of halogens is 2. The SMILES string of the molecule is O=C(O)c1cc(Cl)c(NC(=O)C2CC3CCC2N3)c(Cl)c1. The number of carbonyl (C=O) groups is 2. The van der Waals surface area contributed by atoms with Crippen LogP contribution in [0.1, 0.15) is 29.6 Å². The van der Waals surface area contributed by atoms with Crippen LogP contribution in [0.4, 0.5) is 5.69 Å². The van der Waals surface area contributed by atoms with Crippen molar-refractivity contribution >= 4 is 40.8 Å².